The molecule has 1 radical (unpaired) electrons. The highest BCUT2D eigenvalue weighted by atomic mass is 32.2. The van der Waals surface area contributed by atoms with Gasteiger partial charge in [0.2, 0.25) is 10.0 Å². The lowest BCUT2D eigenvalue weighted by molar-refractivity contribution is 0.569. The Morgan fingerprint density at radius 3 is 2.25 bits per heavy atom. The Balaban J connectivity index is 3.76. The van der Waals surface area contributed by atoms with Gasteiger partial charge in [0.15, 0.2) is 0 Å². The molecule has 49 valence electrons. The van der Waals surface area contributed by atoms with Crippen molar-refractivity contribution in [3.8, 4) is 0 Å². The number of nitrogens with zero attached hydrogens (tertiary/aromatic N) is 1. The summed E-state index contributed by atoms with van der Waals surface area (Å²) in [5.41, 5.74) is 3.24. The van der Waals surface area contributed by atoms with Gasteiger partial charge in [0.1, 0.15) is 0 Å². The third kappa shape index (κ3) is 2.95. The van der Waals surface area contributed by atoms with E-state index in [1.807, 2.05) is 4.83 Å². The van der Waals surface area contributed by atoms with Crippen LogP contribution in [0, 0.1) is 0 Å². The van der Waals surface area contributed by atoms with Crippen molar-refractivity contribution in [2.24, 2.45) is 0 Å². The first kappa shape index (κ1) is 7.87. The fourth-order valence-corrected chi connectivity index (χ4v) is 0.611. The molecule has 0 spiro atoms. The summed E-state index contributed by atoms with van der Waals surface area (Å²) in [4.78, 5) is 1.97. The topological polar surface area (TPSA) is 60.3 Å². The first-order chi connectivity index (χ1) is 3.62. The van der Waals surface area contributed by atoms with Crippen LogP contribution in [-0.2, 0) is 10.0 Å². The minimum Gasteiger partial charge on any atom is -0.211 e. The van der Waals surface area contributed by atoms with Crippen molar-refractivity contribution in [3.05, 3.63) is 0 Å². The third-order valence-corrected chi connectivity index (χ3v) is 1.83. The zero-order valence-corrected chi connectivity index (χ0v) is 5.70. The first-order valence-electron chi connectivity index (χ1n) is 2.20. The highest BCUT2D eigenvalue weighted by Crippen LogP contribution is 1.76. The van der Waals surface area contributed by atoms with Crippen LogP contribution in [0.2, 0.25) is 0 Å². The highest BCUT2D eigenvalue weighted by molar-refractivity contribution is 7.89. The molecular formula is C3H9N2O2S. The highest BCUT2D eigenvalue weighted by Gasteiger charge is 2.01. The summed E-state index contributed by atoms with van der Waals surface area (Å²) in [7, 11) is -1.70. The summed E-state index contributed by atoms with van der Waals surface area (Å²) in [5, 5.41) is 0. The van der Waals surface area contributed by atoms with Gasteiger partial charge in [0.25, 0.3) is 0 Å². The molecule has 0 atom stereocenters. The second-order valence-corrected chi connectivity index (χ2v) is 3.21. The third-order valence-electron chi connectivity index (χ3n) is 0.610. The maximum Gasteiger partial charge on any atom is 0.225 e. The zero-order chi connectivity index (χ0) is 6.62. The van der Waals surface area contributed by atoms with E-state index in [2.05, 4.69) is 5.43 Å². The van der Waals surface area contributed by atoms with Gasteiger partial charge in [0.05, 0.1) is 5.75 Å². The molecule has 4 nitrogen and oxygen atoms in total. The van der Waals surface area contributed by atoms with Crippen molar-refractivity contribution >= 4 is 10.0 Å². The summed E-state index contributed by atoms with van der Waals surface area (Å²) in [5.74, 6) is 0.0737. The molecule has 0 fully saturated rings. The SMILES string of the molecule is CCS(=O)(=O)N[N]C. The van der Waals surface area contributed by atoms with Gasteiger partial charge in [-0.05, 0) is 6.92 Å². The van der Waals surface area contributed by atoms with Crippen molar-refractivity contribution in [1.82, 2.24) is 10.3 Å². The van der Waals surface area contributed by atoms with E-state index < -0.39 is 10.0 Å². The Labute approximate surface area is 49.3 Å². The molecule has 0 aromatic heterocycles. The van der Waals surface area contributed by atoms with Crippen molar-refractivity contribution in [3.63, 3.8) is 0 Å². The van der Waals surface area contributed by atoms with Crippen LogP contribution in [0.15, 0.2) is 0 Å². The lowest BCUT2D eigenvalue weighted by Crippen LogP contribution is -2.30. The first-order valence-corrected chi connectivity index (χ1v) is 3.86. The fraction of sp³-hybridized carbons (Fsp3) is 1.00. The average molecular weight is 137 g/mol. The summed E-state index contributed by atoms with van der Waals surface area (Å²) in [6.45, 7) is 1.55. The monoisotopic (exact) mass is 137 g/mol. The minimum atomic E-state index is -3.09. The molecule has 8 heavy (non-hydrogen) atoms. The summed E-state index contributed by atoms with van der Waals surface area (Å²) < 4.78 is 20.8. The maximum atomic E-state index is 10.4. The molecule has 0 rings (SSSR count). The Morgan fingerprint density at radius 1 is 1.62 bits per heavy atom. The van der Waals surface area contributed by atoms with Gasteiger partial charge in [-0.25, -0.2) is 8.42 Å². The normalized spacial score (nSPS) is 11.8. The van der Waals surface area contributed by atoms with Crippen LogP contribution in [0.1, 0.15) is 6.92 Å². The lowest BCUT2D eigenvalue weighted by Gasteiger charge is -1.96. The summed E-state index contributed by atoms with van der Waals surface area (Å²) in [6, 6.07) is 0. The lowest BCUT2D eigenvalue weighted by atomic mass is 11.0. The van der Waals surface area contributed by atoms with E-state index in [9.17, 15) is 8.42 Å². The number of sulfonamides is 1. The summed E-state index contributed by atoms with van der Waals surface area (Å²) >= 11 is 0. The molecule has 0 heterocycles. The van der Waals surface area contributed by atoms with Gasteiger partial charge in [-0.15, -0.1) is 4.83 Å². The van der Waals surface area contributed by atoms with Gasteiger partial charge in [-0.3, -0.25) is 0 Å². The molecule has 0 unspecified atom stereocenters. The van der Waals surface area contributed by atoms with Crippen LogP contribution in [0.4, 0.5) is 0 Å². The van der Waals surface area contributed by atoms with Gasteiger partial charge in [-0.1, -0.05) is 0 Å². The fourth-order valence-electron chi connectivity index (χ4n) is 0.204. The van der Waals surface area contributed by atoms with Crippen LogP contribution in [-0.4, -0.2) is 21.2 Å². The predicted octanol–water partition coefficient (Wildman–Crippen LogP) is -0.925. The van der Waals surface area contributed by atoms with E-state index in [1.165, 1.54) is 7.05 Å². The molecule has 0 aliphatic carbocycles. The Kier molecular flexibility index (Phi) is 2.96. The number of hydrogen-bond donors (Lipinski definition) is 1. The molecule has 0 saturated heterocycles. The van der Waals surface area contributed by atoms with Crippen LogP contribution in [0.25, 0.3) is 0 Å². The van der Waals surface area contributed by atoms with E-state index in [1.54, 1.807) is 6.92 Å². The molecule has 0 amide bonds. The predicted molar refractivity (Wildman–Crippen MR) is 30.7 cm³/mol. The van der Waals surface area contributed by atoms with Gasteiger partial charge in [0, 0.05) is 7.05 Å². The zero-order valence-electron chi connectivity index (χ0n) is 4.88. The Hall–Kier alpha value is -0.130. The molecule has 1 N–H and O–H groups in total. The van der Waals surface area contributed by atoms with Gasteiger partial charge in [-0.2, -0.15) is 5.43 Å². The minimum absolute atomic E-state index is 0.0737. The standard InChI is InChI=1S/C3H9N2O2S/c1-3-8(6,7)5-4-2/h5H,3H2,1-2H3. The van der Waals surface area contributed by atoms with Crippen LogP contribution in [0.3, 0.4) is 0 Å². The molecule has 5 heteroatoms. The average Bonchev–Trinajstić information content (AvgIpc) is 1.67. The van der Waals surface area contributed by atoms with E-state index in [0.29, 0.717) is 0 Å². The van der Waals surface area contributed by atoms with Gasteiger partial charge < -0.3 is 0 Å². The molecule has 0 aromatic rings. The second kappa shape index (κ2) is 3.01. The van der Waals surface area contributed by atoms with E-state index in [4.69, 9.17) is 0 Å². The van der Waals surface area contributed by atoms with Crippen molar-refractivity contribution in [2.75, 3.05) is 12.8 Å². The molecule has 0 aliphatic heterocycles. The number of nitrogens with one attached hydrogen (secondary N) is 1. The van der Waals surface area contributed by atoms with Crippen LogP contribution < -0.4 is 10.3 Å². The van der Waals surface area contributed by atoms with Gasteiger partial charge >= 0.3 is 0 Å². The smallest absolute Gasteiger partial charge is 0.211 e. The quantitative estimate of drug-likeness (QED) is 0.511. The van der Waals surface area contributed by atoms with E-state index in [0.717, 1.165) is 0 Å². The van der Waals surface area contributed by atoms with Crippen molar-refractivity contribution in [1.29, 1.82) is 0 Å². The Bertz CT molecular complexity index is 139. The molecule has 0 saturated carbocycles. The van der Waals surface area contributed by atoms with Crippen LogP contribution in [0.5, 0.6) is 0 Å². The molecule has 0 bridgehead atoms. The molecule has 0 aromatic carbocycles. The largest absolute Gasteiger partial charge is 0.225 e. The number of hydrogen-bond acceptors (Lipinski definition) is 2. The molecule has 0 aliphatic rings. The van der Waals surface area contributed by atoms with E-state index in [-0.39, 0.29) is 5.75 Å². The van der Waals surface area contributed by atoms with Crippen LogP contribution >= 0.6 is 0 Å². The van der Waals surface area contributed by atoms with Crippen molar-refractivity contribution in [2.45, 2.75) is 6.92 Å². The number of rotatable bonds is 3. The Morgan fingerprint density at radius 2 is 2.12 bits per heavy atom. The maximum absolute atomic E-state index is 10.4. The van der Waals surface area contributed by atoms with Crippen molar-refractivity contribution < 1.29 is 8.42 Å². The second-order valence-electron chi connectivity index (χ2n) is 1.22. The van der Waals surface area contributed by atoms with E-state index >= 15 is 0 Å². The molecular weight excluding hydrogens is 128 g/mol. The summed E-state index contributed by atoms with van der Waals surface area (Å²) in [6.07, 6.45) is 0.